The molecule has 0 bridgehead atoms. The van der Waals surface area contributed by atoms with Crippen LogP contribution < -0.4 is 15.4 Å². The molecule has 3 rings (SSSR count). The Morgan fingerprint density at radius 1 is 1.00 bits per heavy atom. The minimum Gasteiger partial charge on any atom is -0.349 e. The first-order valence-electron chi connectivity index (χ1n) is 8.34. The molecule has 3 N–H and O–H groups in total. The van der Waals surface area contributed by atoms with E-state index in [0.717, 1.165) is 25.9 Å². The summed E-state index contributed by atoms with van der Waals surface area (Å²) in [6.07, 6.45) is 1.78. The largest absolute Gasteiger partial charge is 0.349 e. The fraction of sp³-hybridized carbons (Fsp3) is 0.278. The summed E-state index contributed by atoms with van der Waals surface area (Å²) in [6, 6.07) is 12.4. The molecule has 1 aliphatic rings. The number of hydrogen-bond donors (Lipinski definition) is 3. The molecule has 2 aromatic rings. The fourth-order valence-electron chi connectivity index (χ4n) is 2.75. The molecule has 0 unspecified atom stereocenters. The van der Waals surface area contributed by atoms with E-state index < -0.39 is 10.0 Å². The average Bonchev–Trinajstić information content (AvgIpc) is 2.64. The molecule has 0 aromatic heterocycles. The summed E-state index contributed by atoms with van der Waals surface area (Å²) in [6.45, 7) is 1.77. The third-order valence-corrected chi connectivity index (χ3v) is 5.85. The lowest BCUT2D eigenvalue weighted by atomic mass is 10.1. The summed E-state index contributed by atoms with van der Waals surface area (Å²) in [5.41, 5.74) is 0.858. The molecule has 1 amide bonds. The van der Waals surface area contributed by atoms with Crippen molar-refractivity contribution in [1.82, 2.24) is 10.6 Å². The molecule has 9 heteroatoms. The first-order chi connectivity index (χ1) is 12.4. The predicted molar refractivity (Wildman–Crippen MR) is 109 cm³/mol. The average molecular weight is 430 g/mol. The summed E-state index contributed by atoms with van der Waals surface area (Å²) in [4.78, 5) is 12.4. The molecule has 27 heavy (non-hydrogen) atoms. The Bertz CT molecular complexity index is 866. The number of benzene rings is 2. The molecule has 0 radical (unpaired) electrons. The number of sulfonamides is 1. The van der Waals surface area contributed by atoms with Crippen LogP contribution in [0.1, 0.15) is 23.2 Å². The van der Waals surface area contributed by atoms with Crippen LogP contribution in [0.25, 0.3) is 0 Å². The topological polar surface area (TPSA) is 87.3 Å². The summed E-state index contributed by atoms with van der Waals surface area (Å²) in [7, 11) is -3.73. The van der Waals surface area contributed by atoms with Crippen LogP contribution in [0, 0.1) is 0 Å². The summed E-state index contributed by atoms with van der Waals surface area (Å²) in [5.74, 6) is -0.188. The second kappa shape index (κ2) is 9.41. The zero-order valence-electron chi connectivity index (χ0n) is 14.4. The highest BCUT2D eigenvalue weighted by molar-refractivity contribution is 7.92. The van der Waals surface area contributed by atoms with Crippen molar-refractivity contribution in [1.29, 1.82) is 0 Å². The number of hydrogen-bond acceptors (Lipinski definition) is 4. The Balaban J connectivity index is 0.00000261. The van der Waals surface area contributed by atoms with Gasteiger partial charge in [-0.3, -0.25) is 9.52 Å². The van der Waals surface area contributed by atoms with Gasteiger partial charge in [0.25, 0.3) is 15.9 Å². The first-order valence-corrected chi connectivity index (χ1v) is 10.2. The van der Waals surface area contributed by atoms with Crippen LogP contribution in [0.2, 0.25) is 5.02 Å². The highest BCUT2D eigenvalue weighted by Crippen LogP contribution is 2.19. The molecule has 2 aromatic carbocycles. The Morgan fingerprint density at radius 3 is 2.19 bits per heavy atom. The molecule has 0 saturated carbocycles. The molecule has 1 fully saturated rings. The Labute approximate surface area is 170 Å². The van der Waals surface area contributed by atoms with E-state index in [1.165, 1.54) is 24.3 Å². The van der Waals surface area contributed by atoms with Crippen molar-refractivity contribution in [2.45, 2.75) is 23.8 Å². The van der Waals surface area contributed by atoms with Gasteiger partial charge in [-0.15, -0.1) is 12.4 Å². The number of piperidine rings is 1. The molecule has 0 aliphatic carbocycles. The van der Waals surface area contributed by atoms with Crippen molar-refractivity contribution in [2.75, 3.05) is 17.8 Å². The summed E-state index contributed by atoms with van der Waals surface area (Å²) >= 11 is 5.80. The van der Waals surface area contributed by atoms with Gasteiger partial charge in [-0.2, -0.15) is 0 Å². The van der Waals surface area contributed by atoms with E-state index in [1.807, 2.05) is 0 Å². The molecular weight excluding hydrogens is 409 g/mol. The Hall–Kier alpha value is -1.80. The normalized spacial score (nSPS) is 14.9. The number of rotatable bonds is 5. The van der Waals surface area contributed by atoms with E-state index in [1.54, 1.807) is 24.3 Å². The zero-order valence-corrected chi connectivity index (χ0v) is 16.8. The fourth-order valence-corrected chi connectivity index (χ4v) is 3.94. The van der Waals surface area contributed by atoms with Crippen LogP contribution in [0.5, 0.6) is 0 Å². The van der Waals surface area contributed by atoms with Crippen LogP contribution >= 0.6 is 24.0 Å². The molecule has 1 heterocycles. The molecule has 0 spiro atoms. The van der Waals surface area contributed by atoms with Gasteiger partial charge in [0.2, 0.25) is 0 Å². The lowest BCUT2D eigenvalue weighted by molar-refractivity contribution is 0.0929. The summed E-state index contributed by atoms with van der Waals surface area (Å²) in [5, 5.41) is 6.75. The van der Waals surface area contributed by atoms with Crippen LogP contribution in [0.15, 0.2) is 53.4 Å². The van der Waals surface area contributed by atoms with Gasteiger partial charge in [-0.05, 0) is 74.5 Å². The SMILES string of the molecule is Cl.O=C(NC1CCNCC1)c1ccc(S(=O)(=O)Nc2ccc(Cl)cc2)cc1. The smallest absolute Gasteiger partial charge is 0.261 e. The maximum Gasteiger partial charge on any atom is 0.261 e. The standard InChI is InChI=1S/C18H20ClN3O3S.ClH/c19-14-3-5-16(6-4-14)22-26(24,25)17-7-1-13(2-8-17)18(23)21-15-9-11-20-12-10-15;/h1-8,15,20,22H,9-12H2,(H,21,23);1H. The van der Waals surface area contributed by atoms with E-state index in [2.05, 4.69) is 15.4 Å². The Morgan fingerprint density at radius 2 is 1.59 bits per heavy atom. The molecule has 146 valence electrons. The van der Waals surface area contributed by atoms with Gasteiger partial charge in [0, 0.05) is 22.3 Å². The summed E-state index contributed by atoms with van der Waals surface area (Å²) < 4.78 is 27.3. The van der Waals surface area contributed by atoms with Crippen molar-refractivity contribution in [3.05, 3.63) is 59.1 Å². The van der Waals surface area contributed by atoms with E-state index in [4.69, 9.17) is 11.6 Å². The molecule has 1 saturated heterocycles. The van der Waals surface area contributed by atoms with Gasteiger partial charge in [-0.1, -0.05) is 11.6 Å². The van der Waals surface area contributed by atoms with E-state index in [0.29, 0.717) is 16.3 Å². The molecule has 0 atom stereocenters. The highest BCUT2D eigenvalue weighted by atomic mass is 35.5. The van der Waals surface area contributed by atoms with Gasteiger partial charge >= 0.3 is 0 Å². The van der Waals surface area contributed by atoms with Crippen molar-refractivity contribution < 1.29 is 13.2 Å². The minimum absolute atomic E-state index is 0. The second-order valence-electron chi connectivity index (χ2n) is 6.13. The van der Waals surface area contributed by atoms with E-state index >= 15 is 0 Å². The monoisotopic (exact) mass is 429 g/mol. The highest BCUT2D eigenvalue weighted by Gasteiger charge is 2.18. The minimum atomic E-state index is -3.73. The molecule has 1 aliphatic heterocycles. The van der Waals surface area contributed by atoms with Crippen LogP contribution in [0.4, 0.5) is 5.69 Å². The van der Waals surface area contributed by atoms with Crippen molar-refractivity contribution in [3.63, 3.8) is 0 Å². The number of nitrogens with one attached hydrogen (secondary N) is 3. The quantitative estimate of drug-likeness (QED) is 0.681. The number of carbonyl (C=O) groups excluding carboxylic acids is 1. The molecular formula is C18H21Cl2N3O3S. The lowest BCUT2D eigenvalue weighted by Crippen LogP contribution is -2.42. The van der Waals surface area contributed by atoms with Gasteiger partial charge in [0.15, 0.2) is 0 Å². The number of anilines is 1. The zero-order chi connectivity index (χ0) is 18.6. The van der Waals surface area contributed by atoms with Crippen molar-refractivity contribution >= 4 is 45.6 Å². The van der Waals surface area contributed by atoms with E-state index in [-0.39, 0.29) is 29.3 Å². The van der Waals surface area contributed by atoms with Crippen molar-refractivity contribution in [2.24, 2.45) is 0 Å². The van der Waals surface area contributed by atoms with Gasteiger partial charge in [0.05, 0.1) is 4.90 Å². The third-order valence-electron chi connectivity index (χ3n) is 4.20. The lowest BCUT2D eigenvalue weighted by Gasteiger charge is -2.23. The third kappa shape index (κ3) is 5.84. The first kappa shape index (κ1) is 21.5. The maximum absolute atomic E-state index is 12.4. The maximum atomic E-state index is 12.4. The number of halogens is 2. The van der Waals surface area contributed by atoms with Gasteiger partial charge in [-0.25, -0.2) is 8.42 Å². The van der Waals surface area contributed by atoms with Crippen LogP contribution in [-0.4, -0.2) is 33.5 Å². The Kier molecular flexibility index (Phi) is 7.49. The second-order valence-corrected chi connectivity index (χ2v) is 8.25. The molecule has 6 nitrogen and oxygen atoms in total. The van der Waals surface area contributed by atoms with E-state index in [9.17, 15) is 13.2 Å². The van der Waals surface area contributed by atoms with Crippen molar-refractivity contribution in [3.8, 4) is 0 Å². The van der Waals surface area contributed by atoms with Gasteiger partial charge < -0.3 is 10.6 Å². The number of amides is 1. The number of carbonyl (C=O) groups is 1. The predicted octanol–water partition coefficient (Wildman–Crippen LogP) is 3.04. The van der Waals surface area contributed by atoms with Crippen LogP contribution in [-0.2, 0) is 10.0 Å². The van der Waals surface area contributed by atoms with Crippen LogP contribution in [0.3, 0.4) is 0 Å². The van der Waals surface area contributed by atoms with Gasteiger partial charge in [0.1, 0.15) is 0 Å².